The molecule has 0 saturated carbocycles. The third-order valence-corrected chi connectivity index (χ3v) is 2.99. The Labute approximate surface area is 102 Å². The maximum atomic E-state index is 5.66. The smallest absolute Gasteiger partial charge is 0.0952 e. The van der Waals surface area contributed by atoms with Crippen LogP contribution in [0.5, 0.6) is 0 Å². The fraction of sp³-hybridized carbons (Fsp3) is 0.286. The Bertz CT molecular complexity index is 477. The first-order chi connectivity index (χ1) is 8.20. The molecule has 0 saturated heterocycles. The maximum Gasteiger partial charge on any atom is 0.0952 e. The van der Waals surface area contributed by atoms with Crippen LogP contribution in [0.15, 0.2) is 41.2 Å². The lowest BCUT2D eigenvalue weighted by atomic mass is 10.1. The monoisotopic (exact) mass is 230 g/mol. The van der Waals surface area contributed by atoms with E-state index in [1.54, 1.807) is 12.5 Å². The summed E-state index contributed by atoms with van der Waals surface area (Å²) in [5, 5.41) is 0. The molecular formula is C14H18N2O. The van der Waals surface area contributed by atoms with Crippen LogP contribution in [-0.4, -0.2) is 7.05 Å². The van der Waals surface area contributed by atoms with Crippen molar-refractivity contribution in [3.05, 3.63) is 53.5 Å². The lowest BCUT2D eigenvalue weighted by Gasteiger charge is -2.19. The molecule has 0 spiro atoms. The van der Waals surface area contributed by atoms with Gasteiger partial charge in [-0.15, -0.1) is 0 Å². The van der Waals surface area contributed by atoms with Crippen molar-refractivity contribution < 1.29 is 4.42 Å². The first-order valence-corrected chi connectivity index (χ1v) is 5.72. The topological polar surface area (TPSA) is 42.4 Å². The number of hydrogen-bond acceptors (Lipinski definition) is 3. The minimum Gasteiger partial charge on any atom is -0.472 e. The predicted octanol–water partition coefficient (Wildman–Crippen LogP) is 2.68. The number of nitrogens with zero attached hydrogens (tertiary/aromatic N) is 1. The molecule has 0 aliphatic carbocycles. The van der Waals surface area contributed by atoms with Gasteiger partial charge in [0, 0.05) is 31.4 Å². The van der Waals surface area contributed by atoms with Crippen molar-refractivity contribution in [2.24, 2.45) is 5.73 Å². The molecule has 0 atom stereocenters. The number of hydrogen-bond donors (Lipinski definition) is 1. The van der Waals surface area contributed by atoms with E-state index in [9.17, 15) is 0 Å². The normalized spacial score (nSPS) is 10.5. The molecule has 1 heterocycles. The minimum absolute atomic E-state index is 0.595. The Balaban J connectivity index is 2.14. The van der Waals surface area contributed by atoms with Crippen LogP contribution >= 0.6 is 0 Å². The van der Waals surface area contributed by atoms with Gasteiger partial charge in [-0.1, -0.05) is 6.07 Å². The second kappa shape index (κ2) is 5.06. The standard InChI is InChI=1S/C14H18N2O/c1-11-7-14(4-3-13(11)8-15)16(2)9-12-5-6-17-10-12/h3-7,10H,8-9,15H2,1-2H3. The van der Waals surface area contributed by atoms with Gasteiger partial charge in [0.05, 0.1) is 12.5 Å². The molecule has 0 radical (unpaired) electrons. The molecule has 17 heavy (non-hydrogen) atoms. The van der Waals surface area contributed by atoms with Crippen LogP contribution in [0, 0.1) is 6.92 Å². The van der Waals surface area contributed by atoms with Crippen molar-refractivity contribution >= 4 is 5.69 Å². The Kier molecular flexibility index (Phi) is 3.49. The first-order valence-electron chi connectivity index (χ1n) is 5.72. The first kappa shape index (κ1) is 11.7. The largest absolute Gasteiger partial charge is 0.472 e. The average Bonchev–Trinajstić information content (AvgIpc) is 2.81. The second-order valence-electron chi connectivity index (χ2n) is 4.30. The van der Waals surface area contributed by atoms with Crippen LogP contribution in [0.1, 0.15) is 16.7 Å². The third kappa shape index (κ3) is 2.68. The third-order valence-electron chi connectivity index (χ3n) is 2.99. The van der Waals surface area contributed by atoms with Gasteiger partial charge in [0.2, 0.25) is 0 Å². The van der Waals surface area contributed by atoms with Gasteiger partial charge in [0.1, 0.15) is 0 Å². The summed E-state index contributed by atoms with van der Waals surface area (Å²) in [6, 6.07) is 8.35. The molecule has 1 aromatic heterocycles. The van der Waals surface area contributed by atoms with Gasteiger partial charge >= 0.3 is 0 Å². The molecule has 3 heteroatoms. The Morgan fingerprint density at radius 1 is 1.29 bits per heavy atom. The van der Waals surface area contributed by atoms with Crippen molar-refractivity contribution in [1.82, 2.24) is 0 Å². The quantitative estimate of drug-likeness (QED) is 0.878. The lowest BCUT2D eigenvalue weighted by molar-refractivity contribution is 0.563. The zero-order chi connectivity index (χ0) is 12.3. The predicted molar refractivity (Wildman–Crippen MR) is 69.9 cm³/mol. The highest BCUT2D eigenvalue weighted by Crippen LogP contribution is 2.19. The number of aryl methyl sites for hydroxylation is 1. The van der Waals surface area contributed by atoms with Gasteiger partial charge in [0.15, 0.2) is 0 Å². The summed E-state index contributed by atoms with van der Waals surface area (Å²) in [7, 11) is 2.07. The van der Waals surface area contributed by atoms with Crippen molar-refractivity contribution in [3.63, 3.8) is 0 Å². The average molecular weight is 230 g/mol. The molecule has 3 nitrogen and oxygen atoms in total. The summed E-state index contributed by atoms with van der Waals surface area (Å²) in [6.07, 6.45) is 3.48. The summed E-state index contributed by atoms with van der Waals surface area (Å²) in [5.41, 5.74) is 10.5. The number of benzene rings is 1. The SMILES string of the molecule is Cc1cc(N(C)Cc2ccoc2)ccc1CN. The molecule has 0 amide bonds. The van der Waals surface area contributed by atoms with Crippen molar-refractivity contribution in [3.8, 4) is 0 Å². The molecule has 0 bridgehead atoms. The minimum atomic E-state index is 0.595. The van der Waals surface area contributed by atoms with E-state index in [2.05, 4.69) is 37.1 Å². The number of nitrogens with two attached hydrogens (primary N) is 1. The summed E-state index contributed by atoms with van der Waals surface area (Å²) in [4.78, 5) is 2.19. The number of anilines is 1. The van der Waals surface area contributed by atoms with Crippen LogP contribution in [0.4, 0.5) is 5.69 Å². The van der Waals surface area contributed by atoms with Crippen LogP contribution < -0.4 is 10.6 Å². The molecular weight excluding hydrogens is 212 g/mol. The van der Waals surface area contributed by atoms with E-state index in [0.717, 1.165) is 6.54 Å². The van der Waals surface area contributed by atoms with Crippen molar-refractivity contribution in [2.45, 2.75) is 20.0 Å². The maximum absolute atomic E-state index is 5.66. The van der Waals surface area contributed by atoms with E-state index in [1.807, 2.05) is 6.07 Å². The highest BCUT2D eigenvalue weighted by molar-refractivity contribution is 5.50. The van der Waals surface area contributed by atoms with Crippen LogP contribution in [0.2, 0.25) is 0 Å². The van der Waals surface area contributed by atoms with Crippen LogP contribution in [0.3, 0.4) is 0 Å². The van der Waals surface area contributed by atoms with Gasteiger partial charge < -0.3 is 15.1 Å². The van der Waals surface area contributed by atoms with Crippen LogP contribution in [0.25, 0.3) is 0 Å². The molecule has 0 unspecified atom stereocenters. The van der Waals surface area contributed by atoms with Crippen LogP contribution in [-0.2, 0) is 13.1 Å². The fourth-order valence-electron chi connectivity index (χ4n) is 1.89. The van der Waals surface area contributed by atoms with Crippen molar-refractivity contribution in [2.75, 3.05) is 11.9 Å². The second-order valence-corrected chi connectivity index (χ2v) is 4.30. The van der Waals surface area contributed by atoms with E-state index < -0.39 is 0 Å². The Hall–Kier alpha value is -1.74. The summed E-state index contributed by atoms with van der Waals surface area (Å²) >= 11 is 0. The summed E-state index contributed by atoms with van der Waals surface area (Å²) in [5.74, 6) is 0. The zero-order valence-electron chi connectivity index (χ0n) is 10.3. The fourth-order valence-corrected chi connectivity index (χ4v) is 1.89. The zero-order valence-corrected chi connectivity index (χ0v) is 10.3. The Morgan fingerprint density at radius 3 is 2.71 bits per heavy atom. The van der Waals surface area contributed by atoms with Gasteiger partial charge in [-0.05, 0) is 36.2 Å². The molecule has 1 aromatic carbocycles. The van der Waals surface area contributed by atoms with Gasteiger partial charge in [-0.2, -0.15) is 0 Å². The molecule has 90 valence electrons. The molecule has 0 aliphatic rings. The number of rotatable bonds is 4. The van der Waals surface area contributed by atoms with Gasteiger partial charge in [-0.3, -0.25) is 0 Å². The van der Waals surface area contributed by atoms with Gasteiger partial charge in [0.25, 0.3) is 0 Å². The number of furan rings is 1. The molecule has 2 rings (SSSR count). The Morgan fingerprint density at radius 2 is 2.12 bits per heavy atom. The van der Waals surface area contributed by atoms with E-state index in [4.69, 9.17) is 10.2 Å². The van der Waals surface area contributed by atoms with E-state index in [1.165, 1.54) is 22.4 Å². The molecule has 0 fully saturated rings. The summed E-state index contributed by atoms with van der Waals surface area (Å²) in [6.45, 7) is 3.53. The van der Waals surface area contributed by atoms with E-state index in [0.29, 0.717) is 6.54 Å². The summed E-state index contributed by atoms with van der Waals surface area (Å²) < 4.78 is 5.07. The highest BCUT2D eigenvalue weighted by atomic mass is 16.3. The highest BCUT2D eigenvalue weighted by Gasteiger charge is 2.05. The molecule has 2 N–H and O–H groups in total. The van der Waals surface area contributed by atoms with Crippen molar-refractivity contribution in [1.29, 1.82) is 0 Å². The lowest BCUT2D eigenvalue weighted by Crippen LogP contribution is -2.16. The molecule has 0 aliphatic heterocycles. The van der Waals surface area contributed by atoms with E-state index in [-0.39, 0.29) is 0 Å². The van der Waals surface area contributed by atoms with E-state index >= 15 is 0 Å². The molecule has 2 aromatic rings. The van der Waals surface area contributed by atoms with Gasteiger partial charge in [-0.25, -0.2) is 0 Å².